The Labute approximate surface area is 210 Å². The minimum absolute atomic E-state index is 0.125. The minimum Gasteiger partial charge on any atom is -0.496 e. The monoisotopic (exact) mass is 483 g/mol. The lowest BCUT2D eigenvalue weighted by molar-refractivity contribution is 0.103. The fourth-order valence-electron chi connectivity index (χ4n) is 4.45. The molecule has 0 aliphatic carbocycles. The number of methoxy groups -OCH3 is 1. The van der Waals surface area contributed by atoms with Crippen LogP contribution in [0.2, 0.25) is 5.02 Å². The second-order valence-electron chi connectivity index (χ2n) is 9.15. The number of rotatable bonds is 6. The van der Waals surface area contributed by atoms with Crippen molar-refractivity contribution in [1.82, 2.24) is 4.57 Å². The Bertz CT molecular complexity index is 1490. The molecule has 0 saturated carbocycles. The van der Waals surface area contributed by atoms with E-state index in [1.165, 1.54) is 0 Å². The lowest BCUT2D eigenvalue weighted by Gasteiger charge is -2.29. The first-order valence-electron chi connectivity index (χ1n) is 11.5. The molecule has 35 heavy (non-hydrogen) atoms. The van der Waals surface area contributed by atoms with Gasteiger partial charge in [-0.3, -0.25) is 4.79 Å². The Morgan fingerprint density at radius 1 is 1.11 bits per heavy atom. The zero-order chi connectivity index (χ0) is 24.6. The number of benzene rings is 3. The molecule has 0 fully saturated rings. The van der Waals surface area contributed by atoms with Crippen molar-refractivity contribution in [3.63, 3.8) is 0 Å². The first-order chi connectivity index (χ1) is 16.8. The Hall–Kier alpha value is -3.76. The van der Waals surface area contributed by atoms with Crippen LogP contribution in [-0.2, 0) is 6.54 Å². The van der Waals surface area contributed by atoms with Gasteiger partial charge in [-0.2, -0.15) is 0 Å². The first kappa shape index (κ1) is 23.0. The van der Waals surface area contributed by atoms with Crippen molar-refractivity contribution >= 4 is 40.4 Å². The summed E-state index contributed by atoms with van der Waals surface area (Å²) in [6.07, 6.45) is 9.48. The molecule has 5 rings (SSSR count). The van der Waals surface area contributed by atoms with Crippen LogP contribution in [0.15, 0.2) is 79.0 Å². The van der Waals surface area contributed by atoms with Crippen molar-refractivity contribution in [2.24, 2.45) is 0 Å². The number of ether oxygens (including phenoxy) is 2. The second-order valence-corrected chi connectivity index (χ2v) is 9.59. The van der Waals surface area contributed by atoms with Crippen LogP contribution in [0.5, 0.6) is 11.5 Å². The number of nitrogens with zero attached hydrogens (tertiary/aromatic N) is 1. The van der Waals surface area contributed by atoms with Gasteiger partial charge in [-0.25, -0.2) is 0 Å². The van der Waals surface area contributed by atoms with Crippen molar-refractivity contribution < 1.29 is 14.3 Å². The fourth-order valence-corrected chi connectivity index (χ4v) is 4.66. The summed E-state index contributed by atoms with van der Waals surface area (Å²) in [5, 5.41) is 1.83. The topological polar surface area (TPSA) is 40.5 Å². The molecule has 4 nitrogen and oxygen atoms in total. The van der Waals surface area contributed by atoms with Gasteiger partial charge in [0.05, 0.1) is 23.8 Å². The highest BCUT2D eigenvalue weighted by Gasteiger charge is 2.27. The third-order valence-electron chi connectivity index (χ3n) is 6.13. The van der Waals surface area contributed by atoms with E-state index < -0.39 is 5.60 Å². The summed E-state index contributed by atoms with van der Waals surface area (Å²) in [4.78, 5) is 13.3. The summed E-state index contributed by atoms with van der Waals surface area (Å²) >= 11 is 6.18. The number of aromatic nitrogens is 1. The number of allylic oxidation sites excluding steroid dienone is 1. The van der Waals surface area contributed by atoms with Crippen LogP contribution in [-0.4, -0.2) is 23.1 Å². The lowest BCUT2D eigenvalue weighted by atomic mass is 9.97. The number of ketones is 1. The normalized spacial score (nSPS) is 14.2. The summed E-state index contributed by atoms with van der Waals surface area (Å²) in [5.74, 6) is 1.10. The first-order valence-corrected chi connectivity index (χ1v) is 11.9. The van der Waals surface area contributed by atoms with Crippen LogP contribution in [0.1, 0.15) is 40.9 Å². The molecule has 3 aromatic carbocycles. The third kappa shape index (κ3) is 4.62. The molecular weight excluding hydrogens is 458 g/mol. The van der Waals surface area contributed by atoms with E-state index in [1.54, 1.807) is 19.3 Å². The molecule has 1 aromatic heterocycles. The van der Waals surface area contributed by atoms with E-state index in [4.69, 9.17) is 21.1 Å². The van der Waals surface area contributed by atoms with Gasteiger partial charge in [0.2, 0.25) is 0 Å². The molecule has 5 heteroatoms. The number of carbonyl (C=O) groups excluding carboxylic acids is 1. The number of halogens is 1. The SMILES string of the molecule is COc1ccc(C(=O)/C=C/c2cccc3ccn(Cc4cccc(Cl)c4)c23)c2c1C=CC(C)(C)O2. The molecule has 0 spiro atoms. The van der Waals surface area contributed by atoms with Gasteiger partial charge in [-0.15, -0.1) is 0 Å². The summed E-state index contributed by atoms with van der Waals surface area (Å²) in [5.41, 5.74) is 3.92. The predicted octanol–water partition coefficient (Wildman–Crippen LogP) is 7.43. The molecular formula is C30H26ClNO3. The standard InChI is InChI=1S/C30H26ClNO3/c1-30(2)16-14-25-27(34-3)13-11-24(29(25)35-30)26(33)12-10-21-7-5-8-22-15-17-32(28(21)22)19-20-6-4-9-23(31)18-20/h4-18H,19H2,1-3H3/b12-10+. The average molecular weight is 484 g/mol. The highest BCUT2D eigenvalue weighted by atomic mass is 35.5. The van der Waals surface area contributed by atoms with Crippen molar-refractivity contribution in [3.05, 3.63) is 106 Å². The lowest BCUT2D eigenvalue weighted by Crippen LogP contribution is -2.28. The van der Waals surface area contributed by atoms with Crippen LogP contribution in [0.25, 0.3) is 23.1 Å². The molecule has 0 saturated heterocycles. The molecule has 0 unspecified atom stereocenters. The largest absolute Gasteiger partial charge is 0.496 e. The zero-order valence-electron chi connectivity index (χ0n) is 19.9. The van der Waals surface area contributed by atoms with Gasteiger partial charge in [-0.05, 0) is 79.6 Å². The number of para-hydroxylation sites is 1. The Morgan fingerprint density at radius 2 is 1.94 bits per heavy atom. The number of hydrogen-bond donors (Lipinski definition) is 0. The van der Waals surface area contributed by atoms with Gasteiger partial charge in [0.15, 0.2) is 5.78 Å². The zero-order valence-corrected chi connectivity index (χ0v) is 20.7. The molecule has 0 N–H and O–H groups in total. The van der Waals surface area contributed by atoms with Crippen molar-refractivity contribution in [3.8, 4) is 11.5 Å². The molecule has 0 radical (unpaired) electrons. The van der Waals surface area contributed by atoms with Crippen LogP contribution in [0, 0.1) is 0 Å². The highest BCUT2D eigenvalue weighted by molar-refractivity contribution is 6.30. The third-order valence-corrected chi connectivity index (χ3v) is 6.37. The summed E-state index contributed by atoms with van der Waals surface area (Å²) in [6, 6.07) is 19.6. The van der Waals surface area contributed by atoms with E-state index in [0.29, 0.717) is 28.6 Å². The van der Waals surface area contributed by atoms with E-state index in [9.17, 15) is 4.79 Å². The van der Waals surface area contributed by atoms with Gasteiger partial charge in [-0.1, -0.05) is 41.9 Å². The smallest absolute Gasteiger partial charge is 0.189 e. The molecule has 2 heterocycles. The maximum atomic E-state index is 13.3. The van der Waals surface area contributed by atoms with E-state index in [0.717, 1.165) is 27.6 Å². The quantitative estimate of drug-likeness (QED) is 0.211. The van der Waals surface area contributed by atoms with Crippen LogP contribution in [0.3, 0.4) is 0 Å². The predicted molar refractivity (Wildman–Crippen MR) is 143 cm³/mol. The van der Waals surface area contributed by atoms with Crippen LogP contribution >= 0.6 is 11.6 Å². The highest BCUT2D eigenvalue weighted by Crippen LogP contribution is 2.40. The van der Waals surface area contributed by atoms with Gasteiger partial charge < -0.3 is 14.0 Å². The molecule has 4 aromatic rings. The molecule has 0 amide bonds. The summed E-state index contributed by atoms with van der Waals surface area (Å²) < 4.78 is 13.8. The van der Waals surface area contributed by atoms with Crippen molar-refractivity contribution in [2.45, 2.75) is 26.0 Å². The summed E-state index contributed by atoms with van der Waals surface area (Å²) in [6.45, 7) is 4.61. The number of fused-ring (bicyclic) bond motifs is 2. The molecule has 1 aliphatic heterocycles. The molecule has 176 valence electrons. The second kappa shape index (κ2) is 9.12. The van der Waals surface area contributed by atoms with Gasteiger partial charge in [0.25, 0.3) is 0 Å². The molecule has 1 aliphatic rings. The summed E-state index contributed by atoms with van der Waals surface area (Å²) in [7, 11) is 1.61. The maximum Gasteiger partial charge on any atom is 0.189 e. The maximum absolute atomic E-state index is 13.3. The average Bonchev–Trinajstić information content (AvgIpc) is 3.24. The Morgan fingerprint density at radius 3 is 2.74 bits per heavy atom. The molecule has 0 bridgehead atoms. The van der Waals surface area contributed by atoms with E-state index in [-0.39, 0.29) is 5.78 Å². The number of hydrogen-bond acceptors (Lipinski definition) is 3. The van der Waals surface area contributed by atoms with Gasteiger partial charge in [0.1, 0.15) is 17.1 Å². The Kier molecular flexibility index (Phi) is 6.00. The minimum atomic E-state index is -0.509. The van der Waals surface area contributed by atoms with Crippen LogP contribution in [0.4, 0.5) is 0 Å². The van der Waals surface area contributed by atoms with Crippen molar-refractivity contribution in [2.75, 3.05) is 7.11 Å². The van der Waals surface area contributed by atoms with Crippen LogP contribution < -0.4 is 9.47 Å². The fraction of sp³-hybridized carbons (Fsp3) is 0.167. The van der Waals surface area contributed by atoms with E-state index in [1.807, 2.05) is 68.5 Å². The van der Waals surface area contributed by atoms with Gasteiger partial charge in [0, 0.05) is 23.2 Å². The molecule has 0 atom stereocenters. The van der Waals surface area contributed by atoms with Gasteiger partial charge >= 0.3 is 0 Å². The number of carbonyl (C=O) groups is 1. The van der Waals surface area contributed by atoms with E-state index in [2.05, 4.69) is 29.0 Å². The van der Waals surface area contributed by atoms with E-state index >= 15 is 0 Å². The Balaban J connectivity index is 1.50. The van der Waals surface area contributed by atoms with Crippen molar-refractivity contribution in [1.29, 1.82) is 0 Å².